The third-order valence-electron chi connectivity index (χ3n) is 7.66. The monoisotopic (exact) mass is 507 g/mol. The van der Waals surface area contributed by atoms with Crippen LogP contribution >= 0.6 is 0 Å². The van der Waals surface area contributed by atoms with E-state index < -0.39 is 6.04 Å². The average molecular weight is 508 g/mol. The molecule has 0 spiro atoms. The number of hydrogen-bond donors (Lipinski definition) is 0. The molecule has 1 saturated carbocycles. The summed E-state index contributed by atoms with van der Waals surface area (Å²) < 4.78 is 15.9. The smallest absolute Gasteiger partial charge is 0.247 e. The molecule has 2 heterocycles. The highest BCUT2D eigenvalue weighted by molar-refractivity contribution is 6.01. The van der Waals surface area contributed by atoms with E-state index in [0.29, 0.717) is 6.42 Å². The molecule has 4 aromatic rings. The van der Waals surface area contributed by atoms with Crippen LogP contribution in [0.25, 0.3) is 5.69 Å². The Labute approximate surface area is 222 Å². The van der Waals surface area contributed by atoms with Crippen molar-refractivity contribution in [1.82, 2.24) is 9.47 Å². The van der Waals surface area contributed by atoms with Gasteiger partial charge in [0.1, 0.15) is 18.4 Å². The fraction of sp³-hybridized carbons (Fsp3) is 0.250. The molecule has 192 valence electrons. The first-order valence-electron chi connectivity index (χ1n) is 13.3. The van der Waals surface area contributed by atoms with E-state index in [0.717, 1.165) is 41.0 Å². The van der Waals surface area contributed by atoms with E-state index in [4.69, 9.17) is 0 Å². The maximum atomic E-state index is 14.3. The van der Waals surface area contributed by atoms with Crippen LogP contribution in [0.4, 0.5) is 10.1 Å². The summed E-state index contributed by atoms with van der Waals surface area (Å²) in [7, 11) is 0. The molecule has 1 fully saturated rings. The number of anilines is 1. The van der Waals surface area contributed by atoms with Gasteiger partial charge >= 0.3 is 0 Å². The van der Waals surface area contributed by atoms with Crippen LogP contribution in [0.5, 0.6) is 0 Å². The summed E-state index contributed by atoms with van der Waals surface area (Å²) in [6.07, 6.45) is 4.47. The minimum absolute atomic E-state index is 0.000425. The molecule has 1 aliphatic carbocycles. The number of rotatable bonds is 7. The van der Waals surface area contributed by atoms with Gasteiger partial charge in [-0.25, -0.2) is 4.39 Å². The van der Waals surface area contributed by atoms with Gasteiger partial charge < -0.3 is 9.47 Å². The third kappa shape index (κ3) is 4.30. The number of carbonyl (C=O) groups is 2. The Morgan fingerprint density at radius 1 is 0.895 bits per heavy atom. The first-order chi connectivity index (χ1) is 18.6. The molecule has 38 heavy (non-hydrogen) atoms. The van der Waals surface area contributed by atoms with Crippen LogP contribution in [0.15, 0.2) is 97.2 Å². The van der Waals surface area contributed by atoms with Crippen LogP contribution in [-0.2, 0) is 9.59 Å². The van der Waals surface area contributed by atoms with E-state index in [9.17, 15) is 14.0 Å². The topological polar surface area (TPSA) is 45.6 Å². The number of aromatic nitrogens is 1. The normalized spacial score (nSPS) is 16.9. The molecule has 6 rings (SSSR count). The Bertz CT molecular complexity index is 1460. The molecular weight excluding hydrogens is 477 g/mol. The van der Waals surface area contributed by atoms with Gasteiger partial charge in [-0.05, 0) is 66.8 Å². The fourth-order valence-electron chi connectivity index (χ4n) is 5.66. The maximum absolute atomic E-state index is 14.3. The van der Waals surface area contributed by atoms with E-state index in [1.807, 2.05) is 79.9 Å². The molecule has 3 aromatic carbocycles. The molecule has 2 amide bonds. The van der Waals surface area contributed by atoms with Crippen molar-refractivity contribution in [1.29, 1.82) is 0 Å². The van der Waals surface area contributed by atoms with Gasteiger partial charge in [-0.2, -0.15) is 0 Å². The number of nitrogens with zero attached hydrogens (tertiary/aromatic N) is 3. The van der Waals surface area contributed by atoms with Crippen LogP contribution in [0, 0.1) is 5.82 Å². The van der Waals surface area contributed by atoms with Gasteiger partial charge in [0.25, 0.3) is 0 Å². The molecule has 2 unspecified atom stereocenters. The van der Waals surface area contributed by atoms with Crippen LogP contribution in [-0.4, -0.2) is 33.9 Å². The van der Waals surface area contributed by atoms with E-state index in [-0.39, 0.29) is 36.1 Å². The molecule has 5 nitrogen and oxygen atoms in total. The molecule has 0 N–H and O–H groups in total. The maximum Gasteiger partial charge on any atom is 0.247 e. The van der Waals surface area contributed by atoms with Crippen molar-refractivity contribution < 1.29 is 14.0 Å². The lowest BCUT2D eigenvalue weighted by Gasteiger charge is -2.40. The first kappa shape index (κ1) is 24.2. The van der Waals surface area contributed by atoms with Gasteiger partial charge in [-0.3, -0.25) is 14.5 Å². The number of halogens is 1. The van der Waals surface area contributed by atoms with Crippen molar-refractivity contribution in [3.8, 4) is 5.69 Å². The number of hydrogen-bond acceptors (Lipinski definition) is 2. The Morgan fingerprint density at radius 3 is 2.26 bits per heavy atom. The minimum Gasteiger partial charge on any atom is -0.330 e. The van der Waals surface area contributed by atoms with Crippen molar-refractivity contribution in [3.63, 3.8) is 0 Å². The summed E-state index contributed by atoms with van der Waals surface area (Å²) in [5.74, 6) is -0.762. The molecule has 6 heteroatoms. The summed E-state index contributed by atoms with van der Waals surface area (Å²) in [4.78, 5) is 31.8. The summed E-state index contributed by atoms with van der Waals surface area (Å²) >= 11 is 0. The highest BCUT2D eigenvalue weighted by Gasteiger charge is 2.41. The van der Waals surface area contributed by atoms with Crippen molar-refractivity contribution in [2.75, 3.05) is 11.4 Å². The third-order valence-corrected chi connectivity index (χ3v) is 7.66. The van der Waals surface area contributed by atoms with Crippen molar-refractivity contribution in [2.24, 2.45) is 0 Å². The highest BCUT2D eigenvalue weighted by atomic mass is 19.1. The molecule has 2 aliphatic rings. The van der Waals surface area contributed by atoms with Gasteiger partial charge in [-0.1, -0.05) is 61.5 Å². The Morgan fingerprint density at radius 2 is 1.58 bits per heavy atom. The first-order valence-corrected chi connectivity index (χ1v) is 13.3. The summed E-state index contributed by atoms with van der Waals surface area (Å²) in [5.41, 5.74) is 4.38. The standard InChI is InChI=1S/C32H30FN3O2/c1-2-26(22-9-4-3-5-10-22)32(38)35(25-18-19-25)21-30(37)36-28-12-7-6-11-27(28)34-20-8-13-29(34)31(36)23-14-16-24(33)17-15-23/h3-17,20,25-26,31H,2,18-19,21H2,1H3. The lowest BCUT2D eigenvalue weighted by molar-refractivity contribution is -0.137. The zero-order valence-corrected chi connectivity index (χ0v) is 21.3. The van der Waals surface area contributed by atoms with Crippen molar-refractivity contribution in [3.05, 3.63) is 120 Å². The SMILES string of the molecule is CCC(C(=O)N(CC(=O)N1c2ccccc2-n2cccc2C1c1ccc(F)cc1)C1CC1)c1ccccc1. The summed E-state index contributed by atoms with van der Waals surface area (Å²) in [6, 6.07) is 27.5. The molecule has 2 atom stereocenters. The highest BCUT2D eigenvalue weighted by Crippen LogP contribution is 2.43. The van der Waals surface area contributed by atoms with Gasteiger partial charge in [0.2, 0.25) is 11.8 Å². The largest absolute Gasteiger partial charge is 0.330 e. The lowest BCUT2D eigenvalue weighted by atomic mass is 9.94. The lowest BCUT2D eigenvalue weighted by Crippen LogP contribution is -2.48. The summed E-state index contributed by atoms with van der Waals surface area (Å²) in [6.45, 7) is 2.02. The van der Waals surface area contributed by atoms with Crippen LogP contribution in [0.2, 0.25) is 0 Å². The fourth-order valence-corrected chi connectivity index (χ4v) is 5.66. The molecular formula is C32H30FN3O2. The molecule has 1 aromatic heterocycles. The zero-order valence-electron chi connectivity index (χ0n) is 21.3. The predicted molar refractivity (Wildman–Crippen MR) is 146 cm³/mol. The van der Waals surface area contributed by atoms with E-state index in [2.05, 4.69) is 4.57 Å². The Balaban J connectivity index is 1.38. The molecule has 0 bridgehead atoms. The van der Waals surface area contributed by atoms with Crippen molar-refractivity contribution in [2.45, 2.75) is 44.2 Å². The van der Waals surface area contributed by atoms with Crippen molar-refractivity contribution >= 4 is 17.5 Å². The Kier molecular flexibility index (Phi) is 6.32. The second-order valence-electron chi connectivity index (χ2n) is 10.1. The minimum atomic E-state index is -0.444. The van der Waals surface area contributed by atoms with E-state index in [1.54, 1.807) is 21.9 Å². The number of fused-ring (bicyclic) bond motifs is 3. The second kappa shape index (κ2) is 9.93. The quantitative estimate of drug-likeness (QED) is 0.297. The number of para-hydroxylation sites is 2. The van der Waals surface area contributed by atoms with Crippen LogP contribution < -0.4 is 4.90 Å². The second-order valence-corrected chi connectivity index (χ2v) is 10.1. The summed E-state index contributed by atoms with van der Waals surface area (Å²) in [5, 5.41) is 0. The van der Waals surface area contributed by atoms with Gasteiger partial charge in [0.05, 0.1) is 23.0 Å². The average Bonchev–Trinajstić information content (AvgIpc) is 3.67. The van der Waals surface area contributed by atoms with E-state index >= 15 is 0 Å². The molecule has 1 aliphatic heterocycles. The predicted octanol–water partition coefficient (Wildman–Crippen LogP) is 6.24. The van der Waals surface area contributed by atoms with Gasteiger partial charge in [-0.15, -0.1) is 0 Å². The Hall–Kier alpha value is -4.19. The molecule has 0 radical (unpaired) electrons. The zero-order chi connectivity index (χ0) is 26.2. The molecule has 0 saturated heterocycles. The van der Waals surface area contributed by atoms with Crippen LogP contribution in [0.3, 0.4) is 0 Å². The van der Waals surface area contributed by atoms with Crippen LogP contribution in [0.1, 0.15) is 55.0 Å². The number of benzene rings is 3. The van der Waals surface area contributed by atoms with Gasteiger partial charge in [0, 0.05) is 12.2 Å². The van der Waals surface area contributed by atoms with Gasteiger partial charge in [0.15, 0.2) is 0 Å². The van der Waals surface area contributed by atoms with E-state index in [1.165, 1.54) is 12.1 Å². The number of amides is 2. The number of carbonyl (C=O) groups excluding carboxylic acids is 2.